The molecule has 0 fully saturated rings. The van der Waals surface area contributed by atoms with Gasteiger partial charge in [0.1, 0.15) is 0 Å². The predicted molar refractivity (Wildman–Crippen MR) is 110 cm³/mol. The van der Waals surface area contributed by atoms with Gasteiger partial charge in [0.05, 0.1) is 28.4 Å². The van der Waals surface area contributed by atoms with E-state index in [1.165, 1.54) is 22.3 Å². The third-order valence-corrected chi connectivity index (χ3v) is 7.06. The summed E-state index contributed by atoms with van der Waals surface area (Å²) in [5, 5.41) is 0. The Labute approximate surface area is 167 Å². The Kier molecular flexibility index (Phi) is 4.11. The van der Waals surface area contributed by atoms with Gasteiger partial charge in [-0.2, -0.15) is 0 Å². The summed E-state index contributed by atoms with van der Waals surface area (Å²) in [6.45, 7) is 9.41. The Hall–Kier alpha value is -2.36. The number of hydrogen-bond acceptors (Lipinski definition) is 4. The quantitative estimate of drug-likeness (QED) is 0.741. The molecule has 0 aromatic heterocycles. The van der Waals surface area contributed by atoms with Crippen molar-refractivity contribution in [3.63, 3.8) is 0 Å². The van der Waals surface area contributed by atoms with E-state index in [4.69, 9.17) is 18.9 Å². The third kappa shape index (κ3) is 2.23. The molecule has 4 nitrogen and oxygen atoms in total. The van der Waals surface area contributed by atoms with Crippen LogP contribution >= 0.6 is 0 Å². The highest BCUT2D eigenvalue weighted by Gasteiger charge is 2.59. The van der Waals surface area contributed by atoms with Crippen LogP contribution in [0.25, 0.3) is 0 Å². The summed E-state index contributed by atoms with van der Waals surface area (Å²) in [6, 6.07) is 8.68. The zero-order valence-corrected chi connectivity index (χ0v) is 18.1. The topological polar surface area (TPSA) is 36.9 Å². The van der Waals surface area contributed by atoms with Crippen molar-refractivity contribution in [2.24, 2.45) is 5.92 Å². The standard InChI is InChI=1S/C24H30O4/c1-23(2)15-11-19(27-7)17(25-5)9-13(15)21-14-10-18(26-6)20(28-8)12-16(14)24(3,4)22(21)23/h9-12,21-22H,1-8H3. The van der Waals surface area contributed by atoms with E-state index in [-0.39, 0.29) is 16.7 Å². The van der Waals surface area contributed by atoms with Crippen LogP contribution in [0.4, 0.5) is 0 Å². The van der Waals surface area contributed by atoms with Crippen LogP contribution in [0.3, 0.4) is 0 Å². The lowest BCUT2D eigenvalue weighted by Gasteiger charge is -2.38. The van der Waals surface area contributed by atoms with Crippen LogP contribution in [-0.2, 0) is 10.8 Å². The second-order valence-electron chi connectivity index (χ2n) is 8.99. The first-order chi connectivity index (χ1) is 13.2. The Morgan fingerprint density at radius 3 is 1.21 bits per heavy atom. The fraction of sp³-hybridized carbons (Fsp3) is 0.500. The Morgan fingerprint density at radius 2 is 0.893 bits per heavy atom. The van der Waals surface area contributed by atoms with Gasteiger partial charge in [-0.15, -0.1) is 0 Å². The van der Waals surface area contributed by atoms with Crippen LogP contribution in [0, 0.1) is 5.92 Å². The van der Waals surface area contributed by atoms with Crippen LogP contribution in [0.2, 0.25) is 0 Å². The first kappa shape index (κ1) is 19.0. The van der Waals surface area contributed by atoms with Crippen molar-refractivity contribution in [1.82, 2.24) is 0 Å². The van der Waals surface area contributed by atoms with Crippen LogP contribution < -0.4 is 18.9 Å². The summed E-state index contributed by atoms with van der Waals surface area (Å²) in [6.07, 6.45) is 0. The van der Waals surface area contributed by atoms with Gasteiger partial charge >= 0.3 is 0 Å². The Morgan fingerprint density at radius 1 is 0.571 bits per heavy atom. The number of benzene rings is 2. The molecule has 0 spiro atoms. The molecule has 2 aliphatic carbocycles. The van der Waals surface area contributed by atoms with E-state index < -0.39 is 0 Å². The molecule has 0 heterocycles. The van der Waals surface area contributed by atoms with E-state index in [0.29, 0.717) is 5.92 Å². The average Bonchev–Trinajstić information content (AvgIpc) is 3.06. The lowest BCUT2D eigenvalue weighted by atomic mass is 9.65. The summed E-state index contributed by atoms with van der Waals surface area (Å²) in [7, 11) is 6.79. The van der Waals surface area contributed by atoms with Gasteiger partial charge in [-0.25, -0.2) is 0 Å². The molecule has 150 valence electrons. The van der Waals surface area contributed by atoms with Gasteiger partial charge in [-0.05, 0) is 63.3 Å². The lowest BCUT2D eigenvalue weighted by molar-refractivity contribution is 0.226. The van der Waals surface area contributed by atoms with Crippen molar-refractivity contribution < 1.29 is 18.9 Å². The molecular formula is C24H30O4. The minimum absolute atomic E-state index is 0.0114. The molecule has 2 aromatic rings. The third-order valence-electron chi connectivity index (χ3n) is 7.06. The predicted octanol–water partition coefficient (Wildman–Crippen LogP) is 5.05. The number of hydrogen-bond donors (Lipinski definition) is 0. The second kappa shape index (κ2) is 6.07. The van der Waals surface area contributed by atoms with Gasteiger partial charge in [0.15, 0.2) is 23.0 Å². The first-order valence-electron chi connectivity index (χ1n) is 9.75. The smallest absolute Gasteiger partial charge is 0.161 e. The zero-order chi connectivity index (χ0) is 20.4. The minimum Gasteiger partial charge on any atom is -0.493 e. The van der Waals surface area contributed by atoms with Gasteiger partial charge in [-0.1, -0.05) is 27.7 Å². The molecule has 28 heavy (non-hydrogen) atoms. The Balaban J connectivity index is 2.02. The molecule has 0 bridgehead atoms. The van der Waals surface area contributed by atoms with Crippen molar-refractivity contribution in [3.8, 4) is 23.0 Å². The minimum atomic E-state index is -0.0114. The van der Waals surface area contributed by atoms with Crippen molar-refractivity contribution in [2.75, 3.05) is 28.4 Å². The van der Waals surface area contributed by atoms with Crippen LogP contribution in [0.5, 0.6) is 23.0 Å². The van der Waals surface area contributed by atoms with Crippen LogP contribution in [0.15, 0.2) is 24.3 Å². The SMILES string of the molecule is COc1cc2c(cc1OC)C(C)(C)C1C2c2cc(OC)c(OC)cc2C1(C)C. The lowest BCUT2D eigenvalue weighted by Crippen LogP contribution is -2.37. The molecule has 0 aliphatic heterocycles. The van der Waals surface area contributed by atoms with Gasteiger partial charge in [0, 0.05) is 5.92 Å². The average molecular weight is 383 g/mol. The summed E-state index contributed by atoms with van der Waals surface area (Å²) < 4.78 is 22.5. The van der Waals surface area contributed by atoms with E-state index in [1.807, 2.05) is 0 Å². The van der Waals surface area contributed by atoms with Gasteiger partial charge in [0.25, 0.3) is 0 Å². The van der Waals surface area contributed by atoms with Crippen molar-refractivity contribution in [1.29, 1.82) is 0 Å². The van der Waals surface area contributed by atoms with Crippen molar-refractivity contribution in [2.45, 2.75) is 44.4 Å². The maximum Gasteiger partial charge on any atom is 0.161 e. The summed E-state index contributed by atoms with van der Waals surface area (Å²) in [5.74, 6) is 3.85. The highest BCUT2D eigenvalue weighted by atomic mass is 16.5. The summed E-state index contributed by atoms with van der Waals surface area (Å²) in [5.41, 5.74) is 5.31. The Bertz CT molecular complexity index is 867. The molecule has 2 aromatic carbocycles. The highest BCUT2D eigenvalue weighted by molar-refractivity contribution is 5.65. The van der Waals surface area contributed by atoms with Crippen molar-refractivity contribution >= 4 is 0 Å². The number of fused-ring (bicyclic) bond motifs is 5. The molecule has 4 heteroatoms. The molecule has 0 N–H and O–H groups in total. The maximum absolute atomic E-state index is 5.63. The fourth-order valence-electron chi connectivity index (χ4n) is 6.02. The van der Waals surface area contributed by atoms with Crippen molar-refractivity contribution in [3.05, 3.63) is 46.5 Å². The first-order valence-corrected chi connectivity index (χ1v) is 9.75. The fourth-order valence-corrected chi connectivity index (χ4v) is 6.02. The largest absolute Gasteiger partial charge is 0.493 e. The van der Waals surface area contributed by atoms with E-state index in [1.54, 1.807) is 28.4 Å². The molecule has 4 rings (SSSR count). The molecule has 0 atom stereocenters. The van der Waals surface area contributed by atoms with Gasteiger partial charge < -0.3 is 18.9 Å². The number of rotatable bonds is 4. The second-order valence-corrected chi connectivity index (χ2v) is 8.99. The van der Waals surface area contributed by atoms with E-state index >= 15 is 0 Å². The normalized spacial score (nSPS) is 22.9. The molecule has 0 radical (unpaired) electrons. The zero-order valence-electron chi connectivity index (χ0n) is 18.1. The van der Waals surface area contributed by atoms with E-state index in [2.05, 4.69) is 52.0 Å². The molecule has 0 amide bonds. The summed E-state index contributed by atoms with van der Waals surface area (Å²) >= 11 is 0. The molecular weight excluding hydrogens is 352 g/mol. The molecule has 0 saturated carbocycles. The number of ether oxygens (including phenoxy) is 4. The van der Waals surface area contributed by atoms with Crippen LogP contribution in [-0.4, -0.2) is 28.4 Å². The molecule has 0 saturated heterocycles. The van der Waals surface area contributed by atoms with E-state index in [9.17, 15) is 0 Å². The van der Waals surface area contributed by atoms with Crippen LogP contribution in [0.1, 0.15) is 55.9 Å². The maximum atomic E-state index is 5.63. The monoisotopic (exact) mass is 382 g/mol. The highest BCUT2D eigenvalue weighted by Crippen LogP contribution is 2.67. The number of methoxy groups -OCH3 is 4. The molecule has 2 aliphatic rings. The van der Waals surface area contributed by atoms with Gasteiger partial charge in [0.2, 0.25) is 0 Å². The van der Waals surface area contributed by atoms with Gasteiger partial charge in [-0.3, -0.25) is 0 Å². The van der Waals surface area contributed by atoms with E-state index in [0.717, 1.165) is 23.0 Å². The summed E-state index contributed by atoms with van der Waals surface area (Å²) in [4.78, 5) is 0. The molecule has 0 unspecified atom stereocenters.